The van der Waals surface area contributed by atoms with Gasteiger partial charge in [0.1, 0.15) is 12.0 Å². The van der Waals surface area contributed by atoms with E-state index in [0.29, 0.717) is 17.9 Å². The molecular formula is C16H27Cl2N3O2. The Labute approximate surface area is 150 Å². The van der Waals surface area contributed by atoms with Gasteiger partial charge in [-0.2, -0.15) is 0 Å². The summed E-state index contributed by atoms with van der Waals surface area (Å²) in [5.41, 5.74) is 6.15. The molecule has 0 aliphatic carbocycles. The molecule has 2 saturated heterocycles. The lowest BCUT2D eigenvalue weighted by molar-refractivity contribution is 0.0672. The predicted molar refractivity (Wildman–Crippen MR) is 95.4 cm³/mol. The van der Waals surface area contributed by atoms with Gasteiger partial charge in [0, 0.05) is 19.6 Å². The fourth-order valence-corrected chi connectivity index (χ4v) is 3.43. The number of nitrogens with zero attached hydrogens (tertiary/aromatic N) is 2. The van der Waals surface area contributed by atoms with Gasteiger partial charge in [-0.3, -0.25) is 4.79 Å². The summed E-state index contributed by atoms with van der Waals surface area (Å²) in [6, 6.07) is 1.76. The maximum atomic E-state index is 12.4. The number of carbonyl (C=O) groups excluding carboxylic acids is 1. The molecule has 2 N–H and O–H groups in total. The Bertz CT molecular complexity index is 481. The normalized spacial score (nSPS) is 19.3. The van der Waals surface area contributed by atoms with Gasteiger partial charge in [0.05, 0.1) is 12.1 Å². The second kappa shape index (κ2) is 9.52. The number of carbonyl (C=O) groups is 1. The van der Waals surface area contributed by atoms with Gasteiger partial charge in [0.25, 0.3) is 5.91 Å². The van der Waals surface area contributed by atoms with Crippen LogP contribution < -0.4 is 5.73 Å². The molecule has 2 aliphatic rings. The summed E-state index contributed by atoms with van der Waals surface area (Å²) in [4.78, 5) is 16.9. The lowest BCUT2D eigenvalue weighted by Crippen LogP contribution is -2.41. The van der Waals surface area contributed by atoms with Gasteiger partial charge in [-0.05, 0) is 50.8 Å². The van der Waals surface area contributed by atoms with E-state index in [2.05, 4.69) is 4.90 Å². The summed E-state index contributed by atoms with van der Waals surface area (Å²) in [7, 11) is 0. The van der Waals surface area contributed by atoms with Crippen LogP contribution in [0.5, 0.6) is 0 Å². The van der Waals surface area contributed by atoms with E-state index < -0.39 is 0 Å². The van der Waals surface area contributed by atoms with Gasteiger partial charge in [0.15, 0.2) is 0 Å². The van der Waals surface area contributed by atoms with Crippen LogP contribution in [0.3, 0.4) is 0 Å². The Morgan fingerprint density at radius 3 is 2.39 bits per heavy atom. The van der Waals surface area contributed by atoms with Crippen LogP contribution in [0.2, 0.25) is 0 Å². The molecule has 0 bridgehead atoms. The highest BCUT2D eigenvalue weighted by Gasteiger charge is 2.26. The molecule has 2 fully saturated rings. The maximum Gasteiger partial charge on any atom is 0.257 e. The molecule has 1 aromatic rings. The Morgan fingerprint density at radius 2 is 1.83 bits per heavy atom. The first-order chi connectivity index (χ1) is 10.3. The lowest BCUT2D eigenvalue weighted by atomic mass is 9.96. The van der Waals surface area contributed by atoms with Gasteiger partial charge in [-0.1, -0.05) is 0 Å². The minimum Gasteiger partial charge on any atom is -0.467 e. The summed E-state index contributed by atoms with van der Waals surface area (Å²) in [6.07, 6.45) is 6.46. The number of piperidine rings is 1. The van der Waals surface area contributed by atoms with E-state index in [1.807, 2.05) is 4.90 Å². The molecule has 0 spiro atoms. The minimum atomic E-state index is 0. The van der Waals surface area contributed by atoms with Crippen LogP contribution in [0.1, 0.15) is 41.8 Å². The molecule has 0 atom stereocenters. The zero-order valence-corrected chi connectivity index (χ0v) is 15.0. The number of amides is 1. The van der Waals surface area contributed by atoms with Crippen molar-refractivity contribution in [2.75, 3.05) is 32.7 Å². The third-order valence-electron chi connectivity index (χ3n) is 4.72. The maximum absolute atomic E-state index is 12.4. The molecule has 0 saturated carbocycles. The third-order valence-corrected chi connectivity index (χ3v) is 4.72. The van der Waals surface area contributed by atoms with Gasteiger partial charge in [-0.15, -0.1) is 24.8 Å². The molecule has 0 radical (unpaired) electrons. The van der Waals surface area contributed by atoms with Crippen molar-refractivity contribution in [2.45, 2.75) is 32.2 Å². The molecule has 5 nitrogen and oxygen atoms in total. The molecule has 0 unspecified atom stereocenters. The smallest absolute Gasteiger partial charge is 0.257 e. The van der Waals surface area contributed by atoms with Crippen LogP contribution in [0.15, 0.2) is 16.7 Å². The standard InChI is InChI=1S/C16H25N3O2.2ClH/c17-10-15-9-14(12-21-15)16(20)19-7-3-13(4-8-19)11-18-5-1-2-6-18;;/h9,12-13H,1-8,10-11,17H2;2*1H. The number of halogens is 2. The van der Waals surface area contributed by atoms with E-state index in [1.54, 1.807) is 6.07 Å². The fourth-order valence-electron chi connectivity index (χ4n) is 3.43. The highest BCUT2D eigenvalue weighted by molar-refractivity contribution is 5.94. The molecule has 3 heterocycles. The number of hydrogen-bond donors (Lipinski definition) is 1. The average Bonchev–Trinajstić information content (AvgIpc) is 3.18. The van der Waals surface area contributed by atoms with E-state index in [1.165, 1.54) is 38.7 Å². The van der Waals surface area contributed by atoms with E-state index in [0.717, 1.165) is 31.8 Å². The van der Waals surface area contributed by atoms with Crippen molar-refractivity contribution in [3.63, 3.8) is 0 Å². The Balaban J connectivity index is 0.00000132. The molecule has 1 aromatic heterocycles. The largest absolute Gasteiger partial charge is 0.467 e. The summed E-state index contributed by atoms with van der Waals surface area (Å²) < 4.78 is 5.26. The van der Waals surface area contributed by atoms with Crippen molar-refractivity contribution in [2.24, 2.45) is 11.7 Å². The first kappa shape index (κ1) is 20.3. The third kappa shape index (κ3) is 5.11. The molecule has 132 valence electrons. The van der Waals surface area contributed by atoms with Crippen LogP contribution in [0, 0.1) is 5.92 Å². The summed E-state index contributed by atoms with van der Waals surface area (Å²) in [5, 5.41) is 0. The Morgan fingerprint density at radius 1 is 1.17 bits per heavy atom. The predicted octanol–water partition coefficient (Wildman–Crippen LogP) is 2.53. The average molecular weight is 364 g/mol. The Hall–Kier alpha value is -0.750. The van der Waals surface area contributed by atoms with Crippen LogP contribution in [-0.4, -0.2) is 48.4 Å². The first-order valence-electron chi connectivity index (χ1n) is 8.05. The number of hydrogen-bond acceptors (Lipinski definition) is 4. The van der Waals surface area contributed by atoms with Gasteiger partial charge in [-0.25, -0.2) is 0 Å². The van der Waals surface area contributed by atoms with Crippen molar-refractivity contribution in [3.8, 4) is 0 Å². The zero-order chi connectivity index (χ0) is 14.7. The van der Waals surface area contributed by atoms with Crippen molar-refractivity contribution in [1.29, 1.82) is 0 Å². The second-order valence-electron chi connectivity index (χ2n) is 6.25. The highest BCUT2D eigenvalue weighted by atomic mass is 35.5. The number of likely N-dealkylation sites (tertiary alicyclic amines) is 2. The SMILES string of the molecule is Cl.Cl.NCc1cc(C(=O)N2CCC(CN3CCCC3)CC2)co1. The van der Waals surface area contributed by atoms with Crippen molar-refractivity contribution in [1.82, 2.24) is 9.80 Å². The fraction of sp³-hybridized carbons (Fsp3) is 0.688. The van der Waals surface area contributed by atoms with Crippen LogP contribution in [-0.2, 0) is 6.54 Å². The first-order valence-corrected chi connectivity index (χ1v) is 8.05. The number of rotatable bonds is 4. The lowest BCUT2D eigenvalue weighted by Gasteiger charge is -2.33. The van der Waals surface area contributed by atoms with Crippen molar-refractivity contribution >= 4 is 30.7 Å². The summed E-state index contributed by atoms with van der Waals surface area (Å²) in [5.74, 6) is 1.50. The quantitative estimate of drug-likeness (QED) is 0.892. The molecular weight excluding hydrogens is 337 g/mol. The van der Waals surface area contributed by atoms with Crippen LogP contribution in [0.4, 0.5) is 0 Å². The summed E-state index contributed by atoms with van der Waals surface area (Å²) >= 11 is 0. The molecule has 7 heteroatoms. The highest BCUT2D eigenvalue weighted by Crippen LogP contribution is 2.22. The molecule has 0 aromatic carbocycles. The molecule has 1 amide bonds. The van der Waals surface area contributed by atoms with Crippen molar-refractivity contribution in [3.05, 3.63) is 23.7 Å². The van der Waals surface area contributed by atoms with Crippen LogP contribution in [0.25, 0.3) is 0 Å². The number of nitrogens with two attached hydrogens (primary N) is 1. The van der Waals surface area contributed by atoms with Gasteiger partial charge < -0.3 is 20.0 Å². The van der Waals surface area contributed by atoms with E-state index in [-0.39, 0.29) is 30.7 Å². The summed E-state index contributed by atoms with van der Waals surface area (Å²) in [6.45, 7) is 5.79. The van der Waals surface area contributed by atoms with E-state index in [9.17, 15) is 4.79 Å². The van der Waals surface area contributed by atoms with Crippen LogP contribution >= 0.6 is 24.8 Å². The van der Waals surface area contributed by atoms with E-state index in [4.69, 9.17) is 10.2 Å². The molecule has 23 heavy (non-hydrogen) atoms. The Kier molecular flexibility index (Phi) is 8.40. The second-order valence-corrected chi connectivity index (χ2v) is 6.25. The topological polar surface area (TPSA) is 62.7 Å². The minimum absolute atomic E-state index is 0. The zero-order valence-electron chi connectivity index (χ0n) is 13.4. The molecule has 3 rings (SSSR count). The van der Waals surface area contributed by atoms with Gasteiger partial charge in [0.2, 0.25) is 0 Å². The van der Waals surface area contributed by atoms with E-state index >= 15 is 0 Å². The van der Waals surface area contributed by atoms with Gasteiger partial charge >= 0.3 is 0 Å². The monoisotopic (exact) mass is 363 g/mol. The molecule has 2 aliphatic heterocycles. The number of furan rings is 1. The van der Waals surface area contributed by atoms with Crippen molar-refractivity contribution < 1.29 is 9.21 Å².